The quantitative estimate of drug-likeness (QED) is 0.601. The second kappa shape index (κ2) is 5.29. The number of hydrogen-bond acceptors (Lipinski definition) is 8. The van der Waals surface area contributed by atoms with E-state index in [0.29, 0.717) is 30.5 Å². The average molecular weight is 264 g/mol. The third-order valence-corrected chi connectivity index (χ3v) is 2.26. The molecule has 0 bridgehead atoms. The zero-order valence-electron chi connectivity index (χ0n) is 10.2. The number of nitrogens with two attached hydrogens (primary N) is 1. The van der Waals surface area contributed by atoms with Crippen molar-refractivity contribution in [3.05, 3.63) is 34.0 Å². The van der Waals surface area contributed by atoms with Gasteiger partial charge in [0.2, 0.25) is 5.89 Å². The van der Waals surface area contributed by atoms with Crippen molar-refractivity contribution in [3.8, 4) is 0 Å². The topological polar surface area (TPSA) is 133 Å². The van der Waals surface area contributed by atoms with Crippen molar-refractivity contribution in [1.82, 2.24) is 15.1 Å². The molecule has 19 heavy (non-hydrogen) atoms. The molecular weight excluding hydrogens is 252 g/mol. The van der Waals surface area contributed by atoms with Crippen LogP contribution in [-0.2, 0) is 6.42 Å². The number of aryl methyl sites for hydroxylation is 1. The van der Waals surface area contributed by atoms with E-state index in [1.165, 1.54) is 12.1 Å². The average Bonchev–Trinajstić information content (AvgIpc) is 2.74. The number of aromatic nitrogens is 3. The molecule has 100 valence electrons. The summed E-state index contributed by atoms with van der Waals surface area (Å²) in [6.45, 7) is 2.18. The summed E-state index contributed by atoms with van der Waals surface area (Å²) in [6.07, 6.45) is 0.491. The number of pyridine rings is 1. The van der Waals surface area contributed by atoms with Crippen LogP contribution in [0.25, 0.3) is 0 Å². The first-order chi connectivity index (χ1) is 9.04. The first kappa shape index (κ1) is 12.7. The molecule has 0 saturated heterocycles. The monoisotopic (exact) mass is 264 g/mol. The van der Waals surface area contributed by atoms with Crippen LogP contribution in [0.4, 0.5) is 17.3 Å². The van der Waals surface area contributed by atoms with Gasteiger partial charge in [-0.05, 0) is 6.92 Å². The minimum absolute atomic E-state index is 0.0883. The normalized spacial score (nSPS) is 10.4. The lowest BCUT2D eigenvalue weighted by molar-refractivity contribution is -0.384. The van der Waals surface area contributed by atoms with Crippen molar-refractivity contribution in [3.63, 3.8) is 0 Å². The van der Waals surface area contributed by atoms with Gasteiger partial charge in [0.15, 0.2) is 5.82 Å². The Morgan fingerprint density at radius 2 is 2.26 bits per heavy atom. The SMILES string of the molecule is Cc1noc(CCNc2cc([N+](=O)[O-])cc(N)n2)n1. The van der Waals surface area contributed by atoms with E-state index in [9.17, 15) is 10.1 Å². The van der Waals surface area contributed by atoms with Crippen molar-refractivity contribution in [1.29, 1.82) is 0 Å². The smallest absolute Gasteiger partial charge is 0.276 e. The number of hydrogen-bond donors (Lipinski definition) is 2. The van der Waals surface area contributed by atoms with E-state index in [1.54, 1.807) is 6.92 Å². The Morgan fingerprint density at radius 3 is 2.89 bits per heavy atom. The maximum absolute atomic E-state index is 10.7. The van der Waals surface area contributed by atoms with Gasteiger partial charge in [0.1, 0.15) is 11.6 Å². The van der Waals surface area contributed by atoms with Crippen LogP contribution in [0.3, 0.4) is 0 Å². The molecule has 0 atom stereocenters. The number of nitro groups is 1. The fourth-order valence-corrected chi connectivity index (χ4v) is 1.47. The van der Waals surface area contributed by atoms with Gasteiger partial charge in [-0.15, -0.1) is 0 Å². The molecule has 2 aromatic rings. The third-order valence-electron chi connectivity index (χ3n) is 2.26. The van der Waals surface area contributed by atoms with Gasteiger partial charge < -0.3 is 15.6 Å². The predicted octanol–water partition coefficient (Wildman–Crippen LogP) is 0.918. The van der Waals surface area contributed by atoms with Gasteiger partial charge in [-0.1, -0.05) is 5.16 Å². The molecule has 9 nitrogen and oxygen atoms in total. The third kappa shape index (κ3) is 3.37. The number of anilines is 2. The van der Waals surface area contributed by atoms with Gasteiger partial charge in [0, 0.05) is 13.0 Å². The summed E-state index contributed by atoms with van der Waals surface area (Å²) in [5.74, 6) is 1.48. The van der Waals surface area contributed by atoms with E-state index in [-0.39, 0.29) is 11.5 Å². The zero-order valence-corrected chi connectivity index (χ0v) is 10.2. The Morgan fingerprint density at radius 1 is 1.47 bits per heavy atom. The van der Waals surface area contributed by atoms with Crippen LogP contribution in [0.15, 0.2) is 16.7 Å². The Bertz CT molecular complexity index is 597. The van der Waals surface area contributed by atoms with Gasteiger partial charge in [0.05, 0.1) is 17.1 Å². The minimum atomic E-state index is -0.523. The molecule has 0 aromatic carbocycles. The molecule has 9 heteroatoms. The van der Waals surface area contributed by atoms with E-state index >= 15 is 0 Å². The van der Waals surface area contributed by atoms with Crippen LogP contribution in [-0.4, -0.2) is 26.6 Å². The van der Waals surface area contributed by atoms with Crippen LogP contribution in [0.1, 0.15) is 11.7 Å². The van der Waals surface area contributed by atoms with E-state index in [2.05, 4.69) is 20.4 Å². The molecule has 2 rings (SSSR count). The highest BCUT2D eigenvalue weighted by Gasteiger charge is 2.10. The van der Waals surface area contributed by atoms with E-state index in [0.717, 1.165) is 0 Å². The standard InChI is InChI=1S/C10H12N6O3/c1-6-13-10(19-15-6)2-3-12-9-5-7(16(17)18)4-8(11)14-9/h4-5H,2-3H2,1H3,(H3,11,12,14). The summed E-state index contributed by atoms with van der Waals surface area (Å²) >= 11 is 0. The van der Waals surface area contributed by atoms with E-state index in [4.69, 9.17) is 10.3 Å². The number of rotatable bonds is 5. The largest absolute Gasteiger partial charge is 0.383 e. The summed E-state index contributed by atoms with van der Waals surface area (Å²) in [5, 5.41) is 17.2. The lowest BCUT2D eigenvalue weighted by Gasteiger charge is -2.04. The molecule has 2 aromatic heterocycles. The van der Waals surface area contributed by atoms with Crippen molar-refractivity contribution >= 4 is 17.3 Å². The lowest BCUT2D eigenvalue weighted by Crippen LogP contribution is -2.08. The van der Waals surface area contributed by atoms with Crippen molar-refractivity contribution < 1.29 is 9.45 Å². The van der Waals surface area contributed by atoms with Crippen LogP contribution in [0.2, 0.25) is 0 Å². The molecule has 0 fully saturated rings. The number of nitrogens with one attached hydrogen (secondary N) is 1. The summed E-state index contributed by atoms with van der Waals surface area (Å²) in [6, 6.07) is 2.52. The Balaban J connectivity index is 1.97. The van der Waals surface area contributed by atoms with Gasteiger partial charge >= 0.3 is 0 Å². The summed E-state index contributed by atoms with van der Waals surface area (Å²) in [4.78, 5) is 18.1. The molecule has 0 unspecified atom stereocenters. The molecule has 0 aliphatic heterocycles. The fraction of sp³-hybridized carbons (Fsp3) is 0.300. The predicted molar refractivity (Wildman–Crippen MR) is 66.5 cm³/mol. The molecule has 2 heterocycles. The van der Waals surface area contributed by atoms with Crippen molar-refractivity contribution in [2.75, 3.05) is 17.6 Å². The molecular formula is C10H12N6O3. The minimum Gasteiger partial charge on any atom is -0.383 e. The molecule has 0 aliphatic carbocycles. The molecule has 0 radical (unpaired) electrons. The maximum atomic E-state index is 10.7. The van der Waals surface area contributed by atoms with Crippen molar-refractivity contribution in [2.45, 2.75) is 13.3 Å². The van der Waals surface area contributed by atoms with Crippen LogP contribution < -0.4 is 11.1 Å². The van der Waals surface area contributed by atoms with Crippen LogP contribution in [0, 0.1) is 17.0 Å². The highest BCUT2D eigenvalue weighted by molar-refractivity contribution is 5.52. The lowest BCUT2D eigenvalue weighted by atomic mass is 10.3. The molecule has 0 amide bonds. The Kier molecular flexibility index (Phi) is 3.55. The molecule has 3 N–H and O–H groups in total. The maximum Gasteiger partial charge on any atom is 0.276 e. The summed E-state index contributed by atoms with van der Waals surface area (Å²) < 4.78 is 4.93. The molecule has 0 saturated carbocycles. The van der Waals surface area contributed by atoms with Gasteiger partial charge in [-0.25, -0.2) is 4.98 Å². The van der Waals surface area contributed by atoms with Gasteiger partial charge in [-0.3, -0.25) is 10.1 Å². The van der Waals surface area contributed by atoms with Crippen molar-refractivity contribution in [2.24, 2.45) is 0 Å². The zero-order chi connectivity index (χ0) is 13.8. The second-order valence-electron chi connectivity index (χ2n) is 3.80. The molecule has 0 aliphatic rings. The first-order valence-corrected chi connectivity index (χ1v) is 5.49. The second-order valence-corrected chi connectivity index (χ2v) is 3.80. The highest BCUT2D eigenvalue weighted by Crippen LogP contribution is 2.18. The molecule has 0 spiro atoms. The first-order valence-electron chi connectivity index (χ1n) is 5.49. The van der Waals surface area contributed by atoms with Gasteiger partial charge in [-0.2, -0.15) is 4.98 Å². The summed E-state index contributed by atoms with van der Waals surface area (Å²) in [5.41, 5.74) is 5.38. The number of nitrogens with zero attached hydrogens (tertiary/aromatic N) is 4. The Hall–Kier alpha value is -2.71. The summed E-state index contributed by atoms with van der Waals surface area (Å²) in [7, 11) is 0. The van der Waals surface area contributed by atoms with Crippen LogP contribution >= 0.6 is 0 Å². The fourth-order valence-electron chi connectivity index (χ4n) is 1.47. The van der Waals surface area contributed by atoms with E-state index in [1.807, 2.05) is 0 Å². The van der Waals surface area contributed by atoms with E-state index < -0.39 is 4.92 Å². The van der Waals surface area contributed by atoms with Gasteiger partial charge in [0.25, 0.3) is 5.69 Å². The van der Waals surface area contributed by atoms with Crippen LogP contribution in [0.5, 0.6) is 0 Å². The Labute approximate surface area is 108 Å². The number of nitrogen functional groups attached to an aromatic ring is 1. The highest BCUT2D eigenvalue weighted by atomic mass is 16.6.